The summed E-state index contributed by atoms with van der Waals surface area (Å²) in [5.41, 5.74) is 6.91. The number of nitrogens with one attached hydrogen (secondary N) is 2. The molecule has 4 aliphatic heterocycles. The lowest BCUT2D eigenvalue weighted by molar-refractivity contribution is -0.152. The van der Waals surface area contributed by atoms with Gasteiger partial charge in [-0.05, 0) is 238 Å². The second-order valence-corrected chi connectivity index (χ2v) is 32.6. The summed E-state index contributed by atoms with van der Waals surface area (Å²) in [6.45, 7) is 40.7. The molecule has 3 N–H and O–H groups in total. The van der Waals surface area contributed by atoms with Crippen molar-refractivity contribution in [1.29, 1.82) is 0 Å². The SMILES string of the molecule is CC(C)C1CCCN1C(=O)c1ccccc1.CC(C)[C@@H]1C[C@@H](O)CN1C(=O)OC(C)(C)C.CC(C)[C@H]1CCC(=O)N1.CC(C)n1[nH]c(=O)c2c1CCCC2.CC(C)n1nc(C(C)(F)OCc2ccccn2)c2c1CCCC2.CC(C)n1nc(C(F)(F)F)cc1C1=CCCC1.CCOC(=O)N1CCCC1C(C)C. The summed E-state index contributed by atoms with van der Waals surface area (Å²) < 4.78 is 74.5. The van der Waals surface area contributed by atoms with Gasteiger partial charge in [-0.15, -0.1) is 0 Å². The quantitative estimate of drug-likeness (QED) is 0.0883. The predicted molar refractivity (Wildman–Crippen MR) is 413 cm³/mol. The highest BCUT2D eigenvalue weighted by Gasteiger charge is 2.41. The van der Waals surface area contributed by atoms with E-state index in [2.05, 4.69) is 109 Å². The molecule has 6 atom stereocenters. The monoisotopic (exact) mass is 1500 g/mol. The highest BCUT2D eigenvalue weighted by Crippen LogP contribution is 2.38. The summed E-state index contributed by atoms with van der Waals surface area (Å²) in [5, 5.41) is 23.7. The highest BCUT2D eigenvalue weighted by molar-refractivity contribution is 5.94. The van der Waals surface area contributed by atoms with Crippen LogP contribution >= 0.6 is 0 Å². The lowest BCUT2D eigenvalue weighted by Crippen LogP contribution is -2.42. The number of rotatable bonds is 14. The molecule has 4 amide bonds. The van der Waals surface area contributed by atoms with Gasteiger partial charge in [0.25, 0.3) is 17.3 Å². The normalized spacial score (nSPS) is 20.3. The fraction of sp³-hybridized carbons (Fsp3) is 0.687. The van der Waals surface area contributed by atoms with Crippen LogP contribution in [0.3, 0.4) is 0 Å². The summed E-state index contributed by atoms with van der Waals surface area (Å²) >= 11 is 0. The van der Waals surface area contributed by atoms with E-state index >= 15 is 4.39 Å². The number of H-pyrrole nitrogens is 1. The first-order chi connectivity index (χ1) is 50.3. The van der Waals surface area contributed by atoms with Crippen molar-refractivity contribution in [2.45, 2.75) is 320 Å². The van der Waals surface area contributed by atoms with Crippen molar-refractivity contribution in [3.63, 3.8) is 0 Å². The topological polar surface area (TPSA) is 224 Å². The fourth-order valence-electron chi connectivity index (χ4n) is 14.9. The molecule has 4 fully saturated rings. The fourth-order valence-corrected chi connectivity index (χ4v) is 14.9. The Labute approximate surface area is 634 Å². The molecule has 1 aromatic carbocycles. The maximum absolute atomic E-state index is 15.2. The minimum Gasteiger partial charge on any atom is -0.450 e. The summed E-state index contributed by atoms with van der Waals surface area (Å²) in [5.74, 6) is 0.521. The maximum atomic E-state index is 15.2. The van der Waals surface area contributed by atoms with E-state index in [4.69, 9.17) is 14.2 Å². The molecule has 24 heteroatoms. The van der Waals surface area contributed by atoms with Crippen LogP contribution in [0.5, 0.6) is 0 Å². The number of aliphatic hydroxyl groups excluding tert-OH is 1. The molecule has 0 radical (unpaired) electrons. The number of benzene rings is 1. The molecular formula is C83H129F4N11O9. The van der Waals surface area contributed by atoms with Gasteiger partial charge in [-0.25, -0.2) is 14.0 Å². The number of amides is 4. The maximum Gasteiger partial charge on any atom is 0.435 e. The van der Waals surface area contributed by atoms with Crippen LogP contribution in [0.25, 0.3) is 5.57 Å². The van der Waals surface area contributed by atoms with Gasteiger partial charge in [-0.1, -0.05) is 85.7 Å². The Bertz CT molecular complexity index is 3660. The van der Waals surface area contributed by atoms with Gasteiger partial charge < -0.3 is 39.3 Å². The minimum absolute atomic E-state index is 0.0670. The van der Waals surface area contributed by atoms with Crippen molar-refractivity contribution in [2.75, 3.05) is 26.2 Å². The second kappa shape index (κ2) is 40.9. The van der Waals surface area contributed by atoms with Crippen molar-refractivity contribution in [3.05, 3.63) is 128 Å². The summed E-state index contributed by atoms with van der Waals surface area (Å²) in [7, 11) is 0. The number of ether oxygens (including phenoxy) is 3. The number of β-amino-alcohol motifs (C(OH)–C–C–N with tert-alkyl or cyclic N) is 1. The summed E-state index contributed by atoms with van der Waals surface area (Å²) in [6, 6.07) is 18.2. The number of aliphatic hydroxyl groups is 1. The molecule has 0 saturated carbocycles. The number of halogens is 4. The Morgan fingerprint density at radius 1 is 0.626 bits per heavy atom. The number of hydrogen-bond acceptors (Lipinski definition) is 12. The Hall–Kier alpha value is -7.34. The van der Waals surface area contributed by atoms with Crippen LogP contribution in [0, 0.1) is 23.7 Å². The molecular weight excluding hydrogens is 1370 g/mol. The predicted octanol–water partition coefficient (Wildman–Crippen LogP) is 17.9. The molecule has 3 aliphatic carbocycles. The third-order valence-corrected chi connectivity index (χ3v) is 20.4. The van der Waals surface area contributed by atoms with E-state index in [9.17, 15) is 42.3 Å². The number of carbonyl (C=O) groups excluding carboxylic acids is 4. The lowest BCUT2D eigenvalue weighted by Gasteiger charge is -2.30. The molecule has 20 nitrogen and oxygen atoms in total. The number of aromatic amines is 1. The molecule has 7 aliphatic rings. The smallest absolute Gasteiger partial charge is 0.435 e. The Kier molecular flexibility index (Phi) is 33.9. The zero-order valence-electron chi connectivity index (χ0n) is 67.8. The number of hydrogen-bond donors (Lipinski definition) is 3. The van der Waals surface area contributed by atoms with Crippen LogP contribution in [0.2, 0.25) is 0 Å². The molecule has 12 rings (SSSR count). The molecule has 107 heavy (non-hydrogen) atoms. The Balaban J connectivity index is 0.000000198. The van der Waals surface area contributed by atoms with Crippen LogP contribution in [0.15, 0.2) is 71.7 Å². The number of allylic oxidation sites excluding steroid dienone is 2. The average Bonchev–Trinajstić information content (AvgIpc) is 1.63. The van der Waals surface area contributed by atoms with E-state index in [1.807, 2.05) is 115 Å². The number of alkyl halides is 4. The van der Waals surface area contributed by atoms with E-state index in [0.29, 0.717) is 84.5 Å². The summed E-state index contributed by atoms with van der Waals surface area (Å²) in [6.07, 6.45) is 16.7. The Morgan fingerprint density at radius 2 is 1.21 bits per heavy atom. The number of fused-ring (bicyclic) bond motifs is 2. The van der Waals surface area contributed by atoms with Crippen molar-refractivity contribution in [2.24, 2.45) is 23.7 Å². The lowest BCUT2D eigenvalue weighted by atomic mass is 9.93. The van der Waals surface area contributed by atoms with Crippen LogP contribution in [-0.2, 0) is 63.3 Å². The third kappa shape index (κ3) is 25.9. The molecule has 4 aromatic heterocycles. The van der Waals surface area contributed by atoms with Crippen molar-refractivity contribution >= 4 is 29.6 Å². The molecule has 0 spiro atoms. The van der Waals surface area contributed by atoms with E-state index in [1.165, 1.54) is 29.4 Å². The van der Waals surface area contributed by atoms with Crippen LogP contribution in [-0.4, -0.2) is 140 Å². The van der Waals surface area contributed by atoms with Gasteiger partial charge in [-0.3, -0.25) is 38.5 Å². The molecule has 8 heterocycles. The van der Waals surface area contributed by atoms with Gasteiger partial charge in [0.15, 0.2) is 5.69 Å². The van der Waals surface area contributed by atoms with Crippen LogP contribution < -0.4 is 10.9 Å². The van der Waals surface area contributed by atoms with Crippen molar-refractivity contribution in [3.8, 4) is 0 Å². The largest absolute Gasteiger partial charge is 0.450 e. The van der Waals surface area contributed by atoms with Crippen LogP contribution in [0.1, 0.15) is 295 Å². The highest BCUT2D eigenvalue weighted by atomic mass is 19.4. The first-order valence-corrected chi connectivity index (χ1v) is 39.6. The van der Waals surface area contributed by atoms with Gasteiger partial charge in [0, 0.05) is 103 Å². The average molecular weight is 1500 g/mol. The molecule has 598 valence electrons. The van der Waals surface area contributed by atoms with Crippen molar-refractivity contribution < 1.29 is 56.1 Å². The number of nitrogens with zero attached hydrogens (tertiary/aromatic N) is 9. The zero-order chi connectivity index (χ0) is 79.3. The van der Waals surface area contributed by atoms with Gasteiger partial charge in [-0.2, -0.15) is 23.4 Å². The van der Waals surface area contributed by atoms with E-state index in [-0.39, 0.29) is 54.3 Å². The van der Waals surface area contributed by atoms with E-state index in [1.54, 1.807) is 11.1 Å². The van der Waals surface area contributed by atoms with E-state index < -0.39 is 29.4 Å². The molecule has 0 bridgehead atoms. The van der Waals surface area contributed by atoms with Gasteiger partial charge >= 0.3 is 18.4 Å². The van der Waals surface area contributed by atoms with Crippen LogP contribution in [0.4, 0.5) is 27.2 Å². The third-order valence-electron chi connectivity index (χ3n) is 20.4. The standard InChI is InChI=1S/C18H24FN3O.C14H19NO.C12H15F3N2.C12H23NO3.C10H16N2O.C10H19NO2.C7H13NO/c1-13(2)22-16-10-5-4-9-15(16)17(21-22)18(3,19)23-12-14-8-6-7-11-20-14;1-11(2)13-9-6-10-15(13)14(16)12-7-4-3-5-8-12;1-8(2)17-10(9-5-3-4-6-9)7-11(16-17)12(13,14)15;1-8(2)10-6-9(14)7-13(10)11(15)16-12(3,4)5;1-7(2)12-9-6-4-3-5-8(9)10(13)11-12;1-4-13-10(12)11-7-5-6-9(11)8(2)3;1-5(2)6-3-4-7(9)8-6/h6-8,11,13H,4-5,9-10,12H2,1-3H3;3-5,7-8,11,13H,6,9-10H2,1-2H3;5,7-8H,3-4,6H2,1-2H3;8-10,14H,6-7H2,1-5H3;7H,3-6H2,1-2H3,(H,11,13);8-9H,4-7H2,1-3H3;5-6H,3-4H2,1-2H3,(H,8,9)/t;;;9-,10+;;;6-/m...1..1/s1. The number of likely N-dealkylation sites (tertiary alicyclic amines) is 3. The first-order valence-electron chi connectivity index (χ1n) is 39.6. The Morgan fingerprint density at radius 3 is 1.73 bits per heavy atom. The molecule has 4 saturated heterocycles. The van der Waals surface area contributed by atoms with Crippen molar-refractivity contribution in [1.82, 2.24) is 54.3 Å². The van der Waals surface area contributed by atoms with Gasteiger partial charge in [0.2, 0.25) is 5.91 Å². The zero-order valence-corrected chi connectivity index (χ0v) is 67.8. The van der Waals surface area contributed by atoms with E-state index in [0.717, 1.165) is 144 Å². The molecule has 3 unspecified atom stereocenters. The van der Waals surface area contributed by atoms with Gasteiger partial charge in [0.05, 0.1) is 37.3 Å². The first kappa shape index (κ1) is 88.6. The van der Waals surface area contributed by atoms with Gasteiger partial charge in [0.1, 0.15) is 11.3 Å². The summed E-state index contributed by atoms with van der Waals surface area (Å²) in [4.78, 5) is 67.6. The number of pyridine rings is 1. The number of aromatic nitrogens is 7. The second-order valence-electron chi connectivity index (χ2n) is 32.6. The minimum atomic E-state index is -4.37. The molecule has 5 aromatic rings. The number of carbonyl (C=O) groups is 4.